The van der Waals surface area contributed by atoms with E-state index in [1.54, 1.807) is 25.3 Å². The van der Waals surface area contributed by atoms with Gasteiger partial charge in [0, 0.05) is 20.0 Å². The third kappa shape index (κ3) is 3.98. The number of ether oxygens (including phenoxy) is 2. The monoisotopic (exact) mass is 307 g/mol. The van der Waals surface area contributed by atoms with Crippen LogP contribution in [0.5, 0.6) is 5.75 Å². The molecule has 6 nitrogen and oxygen atoms in total. The summed E-state index contributed by atoms with van der Waals surface area (Å²) in [7, 11) is 1.58. The first kappa shape index (κ1) is 16.3. The topological polar surface area (TPSA) is 84.9 Å². The maximum Gasteiger partial charge on any atom is 0.330 e. The van der Waals surface area contributed by atoms with E-state index in [-0.39, 0.29) is 18.4 Å². The zero-order valence-corrected chi connectivity index (χ0v) is 12.8. The molecule has 6 heteroatoms. The van der Waals surface area contributed by atoms with Gasteiger partial charge in [0.15, 0.2) is 6.04 Å². The van der Waals surface area contributed by atoms with E-state index in [2.05, 4.69) is 5.32 Å². The summed E-state index contributed by atoms with van der Waals surface area (Å²) in [5.41, 5.74) is 1.54. The standard InChI is InChI=1S/C16H21NO5/c1-10(21-2)3-6-14(18)17-15(16(19)20)12-4-5-13-11(9-12)7-8-22-13/h4-5,9-10,15H,3,6-8H2,1-2H3,(H,17,18)(H,19,20). The van der Waals surface area contributed by atoms with Crippen molar-refractivity contribution in [3.8, 4) is 5.75 Å². The zero-order valence-electron chi connectivity index (χ0n) is 12.8. The lowest BCUT2D eigenvalue weighted by molar-refractivity contribution is -0.142. The van der Waals surface area contributed by atoms with Crippen molar-refractivity contribution < 1.29 is 24.2 Å². The van der Waals surface area contributed by atoms with Crippen molar-refractivity contribution in [2.45, 2.75) is 38.3 Å². The van der Waals surface area contributed by atoms with Crippen molar-refractivity contribution in [1.82, 2.24) is 5.32 Å². The number of methoxy groups -OCH3 is 1. The molecule has 2 unspecified atom stereocenters. The Morgan fingerprint density at radius 2 is 2.23 bits per heavy atom. The van der Waals surface area contributed by atoms with Crippen LogP contribution in [-0.2, 0) is 20.7 Å². The van der Waals surface area contributed by atoms with Crippen LogP contribution in [-0.4, -0.2) is 36.8 Å². The number of nitrogens with one attached hydrogen (secondary N) is 1. The van der Waals surface area contributed by atoms with Crippen LogP contribution in [0.2, 0.25) is 0 Å². The van der Waals surface area contributed by atoms with Crippen molar-refractivity contribution in [3.63, 3.8) is 0 Å². The molecule has 1 aromatic carbocycles. The Morgan fingerprint density at radius 1 is 1.45 bits per heavy atom. The second kappa shape index (κ2) is 7.26. The molecule has 22 heavy (non-hydrogen) atoms. The molecular weight excluding hydrogens is 286 g/mol. The number of aliphatic carboxylic acids is 1. The fraction of sp³-hybridized carbons (Fsp3) is 0.500. The first-order valence-electron chi connectivity index (χ1n) is 7.32. The minimum absolute atomic E-state index is 0.0360. The Bertz CT molecular complexity index is 557. The van der Waals surface area contributed by atoms with Crippen LogP contribution in [0, 0.1) is 0 Å². The van der Waals surface area contributed by atoms with E-state index in [4.69, 9.17) is 9.47 Å². The van der Waals surface area contributed by atoms with Crippen molar-refractivity contribution in [2.75, 3.05) is 13.7 Å². The molecule has 0 fully saturated rings. The van der Waals surface area contributed by atoms with Gasteiger partial charge in [0.05, 0.1) is 12.7 Å². The molecule has 0 saturated carbocycles. The van der Waals surface area contributed by atoms with Gasteiger partial charge < -0.3 is 19.9 Å². The summed E-state index contributed by atoms with van der Waals surface area (Å²) in [5, 5.41) is 11.9. The molecule has 1 heterocycles. The Kier molecular flexibility index (Phi) is 5.38. The van der Waals surface area contributed by atoms with Crippen LogP contribution >= 0.6 is 0 Å². The highest BCUT2D eigenvalue weighted by Crippen LogP contribution is 2.28. The van der Waals surface area contributed by atoms with Gasteiger partial charge in [-0.1, -0.05) is 6.07 Å². The molecule has 1 aliphatic rings. The van der Waals surface area contributed by atoms with Crippen LogP contribution in [0.4, 0.5) is 0 Å². The largest absolute Gasteiger partial charge is 0.493 e. The number of hydrogen-bond donors (Lipinski definition) is 2. The number of fused-ring (bicyclic) bond motifs is 1. The van der Waals surface area contributed by atoms with E-state index in [0.29, 0.717) is 18.6 Å². The smallest absolute Gasteiger partial charge is 0.330 e. The molecule has 2 N–H and O–H groups in total. The van der Waals surface area contributed by atoms with E-state index < -0.39 is 12.0 Å². The summed E-state index contributed by atoms with van der Waals surface area (Å²) in [4.78, 5) is 23.4. The number of carboxylic acid groups (broad SMARTS) is 1. The number of hydrogen-bond acceptors (Lipinski definition) is 4. The quantitative estimate of drug-likeness (QED) is 0.800. The second-order valence-electron chi connectivity index (χ2n) is 5.39. The number of carbonyl (C=O) groups is 2. The van der Waals surface area contributed by atoms with Crippen molar-refractivity contribution in [3.05, 3.63) is 29.3 Å². The Morgan fingerprint density at radius 3 is 2.91 bits per heavy atom. The number of carbonyl (C=O) groups excluding carboxylic acids is 1. The molecule has 2 atom stereocenters. The highest BCUT2D eigenvalue weighted by Gasteiger charge is 2.24. The summed E-state index contributed by atoms with van der Waals surface area (Å²) < 4.78 is 10.5. The Balaban J connectivity index is 2.04. The summed E-state index contributed by atoms with van der Waals surface area (Å²) in [5.74, 6) is -0.590. The maximum absolute atomic E-state index is 11.9. The van der Waals surface area contributed by atoms with Gasteiger partial charge in [0.2, 0.25) is 5.91 Å². The van der Waals surface area contributed by atoms with Gasteiger partial charge in [0.25, 0.3) is 0 Å². The lowest BCUT2D eigenvalue weighted by Gasteiger charge is -2.16. The number of rotatable bonds is 7. The molecule has 1 amide bonds. The maximum atomic E-state index is 11.9. The van der Waals surface area contributed by atoms with Crippen molar-refractivity contribution in [2.24, 2.45) is 0 Å². The average Bonchev–Trinajstić information content (AvgIpc) is 2.97. The number of amides is 1. The molecule has 1 aliphatic heterocycles. The van der Waals surface area contributed by atoms with Gasteiger partial charge in [0.1, 0.15) is 5.75 Å². The average molecular weight is 307 g/mol. The highest BCUT2D eigenvalue weighted by molar-refractivity contribution is 5.84. The molecule has 120 valence electrons. The molecule has 0 aromatic heterocycles. The van der Waals surface area contributed by atoms with Crippen LogP contribution < -0.4 is 10.1 Å². The second-order valence-corrected chi connectivity index (χ2v) is 5.39. The molecule has 0 bridgehead atoms. The molecule has 0 spiro atoms. The van der Waals surface area contributed by atoms with E-state index in [1.165, 1.54) is 0 Å². The van der Waals surface area contributed by atoms with Crippen molar-refractivity contribution in [1.29, 1.82) is 0 Å². The van der Waals surface area contributed by atoms with Crippen LogP contribution in [0.15, 0.2) is 18.2 Å². The number of benzene rings is 1. The van der Waals surface area contributed by atoms with Gasteiger partial charge in [-0.15, -0.1) is 0 Å². The van der Waals surface area contributed by atoms with E-state index in [0.717, 1.165) is 17.7 Å². The minimum atomic E-state index is -1.08. The lowest BCUT2D eigenvalue weighted by atomic mass is 10.0. The summed E-state index contributed by atoms with van der Waals surface area (Å²) in [6.45, 7) is 2.47. The summed E-state index contributed by atoms with van der Waals surface area (Å²) in [6.07, 6.45) is 1.50. The van der Waals surface area contributed by atoms with E-state index in [1.807, 2.05) is 6.92 Å². The molecule has 1 aromatic rings. The predicted octanol–water partition coefficient (Wildman–Crippen LogP) is 1.68. The molecule has 2 rings (SSSR count). The third-order valence-corrected chi connectivity index (χ3v) is 3.78. The zero-order chi connectivity index (χ0) is 16.1. The van der Waals surface area contributed by atoms with Gasteiger partial charge in [-0.2, -0.15) is 0 Å². The van der Waals surface area contributed by atoms with Gasteiger partial charge in [-0.3, -0.25) is 4.79 Å². The first-order valence-corrected chi connectivity index (χ1v) is 7.32. The number of carboxylic acids is 1. The molecule has 0 saturated heterocycles. The predicted molar refractivity (Wildman–Crippen MR) is 79.9 cm³/mol. The lowest BCUT2D eigenvalue weighted by Crippen LogP contribution is -2.34. The van der Waals surface area contributed by atoms with E-state index >= 15 is 0 Å². The SMILES string of the molecule is COC(C)CCC(=O)NC(C(=O)O)c1ccc2c(c1)CCO2. The minimum Gasteiger partial charge on any atom is -0.493 e. The fourth-order valence-corrected chi connectivity index (χ4v) is 2.36. The van der Waals surface area contributed by atoms with Gasteiger partial charge in [-0.25, -0.2) is 4.79 Å². The van der Waals surface area contributed by atoms with Gasteiger partial charge in [-0.05, 0) is 36.6 Å². The van der Waals surface area contributed by atoms with Gasteiger partial charge >= 0.3 is 5.97 Å². The fourth-order valence-electron chi connectivity index (χ4n) is 2.36. The first-order chi connectivity index (χ1) is 10.5. The Labute approximate surface area is 129 Å². The normalized spacial score (nSPS) is 15.5. The van der Waals surface area contributed by atoms with Crippen LogP contribution in [0.3, 0.4) is 0 Å². The highest BCUT2D eigenvalue weighted by atomic mass is 16.5. The summed E-state index contributed by atoms with van der Waals surface area (Å²) >= 11 is 0. The molecular formula is C16H21NO5. The van der Waals surface area contributed by atoms with E-state index in [9.17, 15) is 14.7 Å². The summed E-state index contributed by atoms with van der Waals surface area (Å²) in [6, 6.07) is 4.18. The third-order valence-electron chi connectivity index (χ3n) is 3.78. The van der Waals surface area contributed by atoms with Crippen LogP contribution in [0.1, 0.15) is 36.9 Å². The van der Waals surface area contributed by atoms with Crippen LogP contribution in [0.25, 0.3) is 0 Å². The Hall–Kier alpha value is -2.08. The van der Waals surface area contributed by atoms with Crippen molar-refractivity contribution >= 4 is 11.9 Å². The molecule has 0 aliphatic carbocycles. The molecule has 0 radical (unpaired) electrons.